The van der Waals surface area contributed by atoms with Gasteiger partial charge in [0, 0.05) is 15.1 Å². The van der Waals surface area contributed by atoms with E-state index in [0.29, 0.717) is 0 Å². The summed E-state index contributed by atoms with van der Waals surface area (Å²) in [4.78, 5) is 0. The summed E-state index contributed by atoms with van der Waals surface area (Å²) in [6.45, 7) is 3.20. The summed E-state index contributed by atoms with van der Waals surface area (Å²) in [5.74, 6) is 1.83. The van der Waals surface area contributed by atoms with Crippen LogP contribution in [-0.2, 0) is 11.2 Å². The van der Waals surface area contributed by atoms with E-state index in [9.17, 15) is 0 Å². The number of aryl methyl sites for hydroxylation is 1. The highest BCUT2D eigenvalue weighted by Gasteiger charge is 2.21. The Balaban J connectivity index is 0.00000242. The second-order valence-electron chi connectivity index (χ2n) is 6.70. The van der Waals surface area contributed by atoms with E-state index in [2.05, 4.69) is 31.2 Å². The normalized spacial score (nSPS) is 22.4. The van der Waals surface area contributed by atoms with E-state index in [4.69, 9.17) is 4.74 Å². The van der Waals surface area contributed by atoms with Gasteiger partial charge < -0.3 is 4.74 Å². The van der Waals surface area contributed by atoms with Crippen molar-refractivity contribution in [1.82, 2.24) is 0 Å². The molecule has 1 heteroatoms. The maximum absolute atomic E-state index is 5.10. The van der Waals surface area contributed by atoms with Gasteiger partial charge in [0.05, 0.1) is 0 Å². The van der Waals surface area contributed by atoms with Crippen molar-refractivity contribution in [2.24, 2.45) is 5.92 Å². The van der Waals surface area contributed by atoms with Gasteiger partial charge in [0.1, 0.15) is 0 Å². The highest BCUT2D eigenvalue weighted by molar-refractivity contribution is 5.25. The van der Waals surface area contributed by atoms with Gasteiger partial charge in [0.2, 0.25) is 0 Å². The summed E-state index contributed by atoms with van der Waals surface area (Å²) < 4.78 is 5.10. The van der Waals surface area contributed by atoms with Crippen molar-refractivity contribution < 1.29 is 6.16 Å². The first-order chi connectivity index (χ1) is 10.3. The smallest absolute Gasteiger partial charge is 0.0462 e. The molecule has 2 rings (SSSR count). The molecule has 1 aliphatic carbocycles. The van der Waals surface area contributed by atoms with Crippen LogP contribution in [0.2, 0.25) is 0 Å². The lowest BCUT2D eigenvalue weighted by Gasteiger charge is -2.28. The SMILES string of the molecule is CCCC1CCC(c2ccc(CCCCOC)cc2)CC1.[HH]. The van der Waals surface area contributed by atoms with Crippen LogP contribution < -0.4 is 0 Å². The van der Waals surface area contributed by atoms with Crippen molar-refractivity contribution in [3.05, 3.63) is 35.4 Å². The van der Waals surface area contributed by atoms with Crippen LogP contribution in [0.3, 0.4) is 0 Å². The third-order valence-corrected chi connectivity index (χ3v) is 5.06. The zero-order chi connectivity index (χ0) is 14.9. The summed E-state index contributed by atoms with van der Waals surface area (Å²) in [5, 5.41) is 0. The lowest BCUT2D eigenvalue weighted by molar-refractivity contribution is 0.193. The summed E-state index contributed by atoms with van der Waals surface area (Å²) >= 11 is 0. The molecule has 1 saturated carbocycles. The van der Waals surface area contributed by atoms with Crippen molar-refractivity contribution in [3.63, 3.8) is 0 Å². The topological polar surface area (TPSA) is 9.23 Å². The van der Waals surface area contributed by atoms with Gasteiger partial charge in [-0.1, -0.05) is 44.0 Å². The third-order valence-electron chi connectivity index (χ3n) is 5.06. The maximum atomic E-state index is 5.10. The molecule has 0 bridgehead atoms. The van der Waals surface area contributed by atoms with E-state index in [0.717, 1.165) is 18.4 Å². The number of unbranched alkanes of at least 4 members (excludes halogenated alkanes) is 1. The highest BCUT2D eigenvalue weighted by atomic mass is 16.5. The second-order valence-corrected chi connectivity index (χ2v) is 6.70. The summed E-state index contributed by atoms with van der Waals surface area (Å²) in [6, 6.07) is 9.47. The van der Waals surface area contributed by atoms with Crippen molar-refractivity contribution >= 4 is 0 Å². The van der Waals surface area contributed by atoms with Crippen LogP contribution in [0.15, 0.2) is 24.3 Å². The molecule has 1 aromatic carbocycles. The lowest BCUT2D eigenvalue weighted by Crippen LogP contribution is -2.13. The minimum absolute atomic E-state index is 0. The average Bonchev–Trinajstić information content (AvgIpc) is 2.53. The monoisotopic (exact) mass is 290 g/mol. The van der Waals surface area contributed by atoms with Crippen molar-refractivity contribution in [3.8, 4) is 0 Å². The van der Waals surface area contributed by atoms with Crippen molar-refractivity contribution in [2.75, 3.05) is 13.7 Å². The fourth-order valence-corrected chi connectivity index (χ4v) is 3.72. The van der Waals surface area contributed by atoms with Gasteiger partial charge in [0.15, 0.2) is 0 Å². The summed E-state index contributed by atoms with van der Waals surface area (Å²) in [6.07, 6.45) is 12.1. The fourth-order valence-electron chi connectivity index (χ4n) is 3.72. The molecule has 0 atom stereocenters. The van der Waals surface area contributed by atoms with E-state index in [-0.39, 0.29) is 1.43 Å². The molecular formula is C20H34O. The Kier molecular flexibility index (Phi) is 7.29. The van der Waals surface area contributed by atoms with Gasteiger partial charge >= 0.3 is 0 Å². The summed E-state index contributed by atoms with van der Waals surface area (Å²) in [5.41, 5.74) is 3.06. The Bertz CT molecular complexity index is 379. The molecule has 0 unspecified atom stereocenters. The van der Waals surface area contributed by atoms with Gasteiger partial charge in [-0.3, -0.25) is 0 Å². The fraction of sp³-hybridized carbons (Fsp3) is 0.700. The molecule has 0 aromatic heterocycles. The Morgan fingerprint density at radius 2 is 1.76 bits per heavy atom. The predicted octanol–water partition coefficient (Wildman–Crippen LogP) is 5.98. The second kappa shape index (κ2) is 9.25. The Morgan fingerprint density at radius 3 is 2.38 bits per heavy atom. The maximum Gasteiger partial charge on any atom is 0.0462 e. The van der Waals surface area contributed by atoms with Crippen molar-refractivity contribution in [1.29, 1.82) is 0 Å². The quantitative estimate of drug-likeness (QED) is 0.535. The first-order valence-corrected chi connectivity index (χ1v) is 8.91. The molecule has 21 heavy (non-hydrogen) atoms. The van der Waals surface area contributed by atoms with E-state index in [1.54, 1.807) is 12.7 Å². The van der Waals surface area contributed by atoms with Crippen LogP contribution in [0.25, 0.3) is 0 Å². The Hall–Kier alpha value is -0.820. The van der Waals surface area contributed by atoms with Crippen LogP contribution in [-0.4, -0.2) is 13.7 Å². The number of hydrogen-bond acceptors (Lipinski definition) is 1. The molecule has 0 radical (unpaired) electrons. The Labute approximate surface area is 132 Å². The largest absolute Gasteiger partial charge is 0.385 e. The number of rotatable bonds is 8. The minimum Gasteiger partial charge on any atom is -0.385 e. The number of benzene rings is 1. The number of hydrogen-bond donors (Lipinski definition) is 0. The molecule has 0 N–H and O–H groups in total. The third kappa shape index (κ3) is 5.47. The molecule has 1 aliphatic rings. The summed E-state index contributed by atoms with van der Waals surface area (Å²) in [7, 11) is 1.78. The molecule has 0 aliphatic heterocycles. The van der Waals surface area contributed by atoms with E-state index in [1.807, 2.05) is 0 Å². The molecule has 0 heterocycles. The lowest BCUT2D eigenvalue weighted by atomic mass is 9.77. The first-order valence-electron chi connectivity index (χ1n) is 8.91. The van der Waals surface area contributed by atoms with Gasteiger partial charge in [-0.05, 0) is 67.9 Å². The minimum atomic E-state index is 0. The van der Waals surface area contributed by atoms with Crippen LogP contribution in [0.5, 0.6) is 0 Å². The van der Waals surface area contributed by atoms with Gasteiger partial charge in [-0.2, -0.15) is 0 Å². The van der Waals surface area contributed by atoms with Crippen LogP contribution in [0, 0.1) is 5.92 Å². The predicted molar refractivity (Wildman–Crippen MR) is 93.0 cm³/mol. The van der Waals surface area contributed by atoms with Gasteiger partial charge in [-0.15, -0.1) is 0 Å². The molecule has 120 valence electrons. The van der Waals surface area contributed by atoms with Crippen LogP contribution in [0.1, 0.15) is 76.8 Å². The zero-order valence-corrected chi connectivity index (χ0v) is 13.9. The highest BCUT2D eigenvalue weighted by Crippen LogP contribution is 2.37. The molecule has 0 saturated heterocycles. The van der Waals surface area contributed by atoms with Gasteiger partial charge in [0.25, 0.3) is 0 Å². The van der Waals surface area contributed by atoms with Gasteiger partial charge in [-0.25, -0.2) is 0 Å². The van der Waals surface area contributed by atoms with Crippen LogP contribution >= 0.6 is 0 Å². The van der Waals surface area contributed by atoms with E-state index in [1.165, 1.54) is 63.4 Å². The first kappa shape index (κ1) is 16.5. The molecule has 0 amide bonds. The molecule has 1 fully saturated rings. The van der Waals surface area contributed by atoms with Crippen molar-refractivity contribution in [2.45, 2.75) is 70.6 Å². The molecule has 0 spiro atoms. The molecular weight excluding hydrogens is 256 g/mol. The molecule has 1 nitrogen and oxygen atoms in total. The Morgan fingerprint density at radius 1 is 1.05 bits per heavy atom. The number of ether oxygens (including phenoxy) is 1. The average molecular weight is 290 g/mol. The van der Waals surface area contributed by atoms with E-state index < -0.39 is 0 Å². The standard InChI is InChI=1S/C20H32O.H2/c1-3-6-17-8-12-19(13-9-17)20-14-10-18(11-15-20)7-4-5-16-21-2;/h10-11,14-15,17,19H,3-9,12-13,16H2,1-2H3;1H. The van der Waals surface area contributed by atoms with Crippen LogP contribution in [0.4, 0.5) is 0 Å². The number of methoxy groups -OCH3 is 1. The molecule has 1 aromatic rings. The zero-order valence-electron chi connectivity index (χ0n) is 13.9. The van der Waals surface area contributed by atoms with E-state index >= 15 is 0 Å².